The second kappa shape index (κ2) is 8.07. The number of nitrogens with zero attached hydrogens (tertiary/aromatic N) is 2. The normalized spacial score (nSPS) is 23.1. The van der Waals surface area contributed by atoms with Crippen LogP contribution in [0.5, 0.6) is 0 Å². The zero-order chi connectivity index (χ0) is 20.5. The third-order valence-electron chi connectivity index (χ3n) is 6.46. The molecule has 3 aliphatic rings. The van der Waals surface area contributed by atoms with Gasteiger partial charge in [-0.3, -0.25) is 14.5 Å². The van der Waals surface area contributed by atoms with Gasteiger partial charge in [-0.05, 0) is 49.8 Å². The van der Waals surface area contributed by atoms with Crippen molar-refractivity contribution in [3.63, 3.8) is 0 Å². The average Bonchev–Trinajstić information content (AvgIpc) is 3.04. The van der Waals surface area contributed by atoms with Crippen LogP contribution >= 0.6 is 0 Å². The van der Waals surface area contributed by atoms with Crippen LogP contribution in [0.4, 0.5) is 5.69 Å². The second-order valence-electron chi connectivity index (χ2n) is 8.38. The largest absolute Gasteiger partial charge is 0.312 e. The molecule has 7 nitrogen and oxygen atoms in total. The van der Waals surface area contributed by atoms with Gasteiger partial charge >= 0.3 is 10.2 Å². The maximum absolute atomic E-state index is 12.8. The van der Waals surface area contributed by atoms with Gasteiger partial charge in [-0.2, -0.15) is 12.7 Å². The first-order chi connectivity index (χ1) is 13.9. The number of carbonyl (C=O) groups excluding carboxylic acids is 1. The minimum absolute atomic E-state index is 0.0567. The molecular formula is C21H30N4O3S. The van der Waals surface area contributed by atoms with Gasteiger partial charge in [0, 0.05) is 19.0 Å². The fourth-order valence-corrected chi connectivity index (χ4v) is 5.83. The maximum Gasteiger partial charge on any atom is 0.301 e. The summed E-state index contributed by atoms with van der Waals surface area (Å²) in [6, 6.07) is 7.44. The van der Waals surface area contributed by atoms with Crippen LogP contribution in [0.1, 0.15) is 57.4 Å². The first-order valence-electron chi connectivity index (χ1n) is 10.7. The van der Waals surface area contributed by atoms with Crippen LogP contribution in [-0.4, -0.2) is 43.1 Å². The third-order valence-corrected chi connectivity index (χ3v) is 8.00. The highest BCUT2D eigenvalue weighted by Gasteiger charge is 2.48. The number of amidine groups is 1. The van der Waals surface area contributed by atoms with Crippen LogP contribution in [-0.2, 0) is 21.4 Å². The number of amides is 1. The summed E-state index contributed by atoms with van der Waals surface area (Å²) in [6.45, 7) is 2.61. The lowest BCUT2D eigenvalue weighted by Gasteiger charge is -2.34. The van der Waals surface area contributed by atoms with Gasteiger partial charge in [0.15, 0.2) is 0 Å². The van der Waals surface area contributed by atoms with E-state index in [0.717, 1.165) is 30.7 Å². The summed E-state index contributed by atoms with van der Waals surface area (Å²) in [5.41, 5.74) is 0.858. The van der Waals surface area contributed by atoms with E-state index in [0.29, 0.717) is 24.4 Å². The van der Waals surface area contributed by atoms with Gasteiger partial charge in [0.1, 0.15) is 11.4 Å². The van der Waals surface area contributed by atoms with E-state index >= 15 is 0 Å². The summed E-state index contributed by atoms with van der Waals surface area (Å²) >= 11 is 0. The number of aliphatic imine (C=N–C) groups is 1. The molecule has 1 aromatic rings. The second-order valence-corrected chi connectivity index (χ2v) is 10.0. The van der Waals surface area contributed by atoms with Gasteiger partial charge in [0.05, 0.1) is 5.69 Å². The van der Waals surface area contributed by atoms with Crippen LogP contribution in [0.15, 0.2) is 29.3 Å². The van der Waals surface area contributed by atoms with Gasteiger partial charge in [0.25, 0.3) is 5.91 Å². The van der Waals surface area contributed by atoms with Gasteiger partial charge in [-0.1, -0.05) is 38.3 Å². The lowest BCUT2D eigenvalue weighted by atomic mass is 9.88. The minimum Gasteiger partial charge on any atom is -0.312 e. The minimum atomic E-state index is -3.66. The number of hydrogen-bond acceptors (Lipinski definition) is 4. The quantitative estimate of drug-likeness (QED) is 0.770. The molecule has 1 aromatic carbocycles. The highest BCUT2D eigenvalue weighted by molar-refractivity contribution is 7.90. The van der Waals surface area contributed by atoms with Gasteiger partial charge in [-0.15, -0.1) is 0 Å². The van der Waals surface area contributed by atoms with Crippen LogP contribution in [0.3, 0.4) is 0 Å². The van der Waals surface area contributed by atoms with Crippen LogP contribution < -0.4 is 10.0 Å². The molecule has 0 atom stereocenters. The molecule has 158 valence electrons. The summed E-state index contributed by atoms with van der Waals surface area (Å²) in [4.78, 5) is 17.5. The van der Waals surface area contributed by atoms with E-state index in [1.165, 1.54) is 23.6 Å². The summed E-state index contributed by atoms with van der Waals surface area (Å²) in [6.07, 6.45) is 7.47. The van der Waals surface area contributed by atoms with Crippen molar-refractivity contribution in [3.05, 3.63) is 29.8 Å². The fourth-order valence-electron chi connectivity index (χ4n) is 4.61. The first-order valence-corrected chi connectivity index (χ1v) is 12.1. The molecule has 2 fully saturated rings. The van der Waals surface area contributed by atoms with E-state index in [2.05, 4.69) is 10.0 Å². The molecule has 0 unspecified atom stereocenters. The number of anilines is 1. The summed E-state index contributed by atoms with van der Waals surface area (Å²) in [5.74, 6) is 1.13. The van der Waals surface area contributed by atoms with Crippen LogP contribution in [0.2, 0.25) is 0 Å². The van der Waals surface area contributed by atoms with Crippen molar-refractivity contribution in [2.75, 3.05) is 17.8 Å². The molecule has 2 heterocycles. The molecule has 2 N–H and O–H groups in total. The van der Waals surface area contributed by atoms with E-state index in [1.54, 1.807) is 6.07 Å². The summed E-state index contributed by atoms with van der Waals surface area (Å²) in [5, 5.41) is 3.02. The van der Waals surface area contributed by atoms with Crippen molar-refractivity contribution in [2.24, 2.45) is 10.9 Å². The van der Waals surface area contributed by atoms with Crippen molar-refractivity contribution in [3.8, 4) is 0 Å². The number of benzene rings is 1. The molecule has 8 heteroatoms. The highest BCUT2D eigenvalue weighted by atomic mass is 32.2. The molecule has 4 rings (SSSR count). The zero-order valence-electron chi connectivity index (χ0n) is 17.0. The topological polar surface area (TPSA) is 90.9 Å². The Morgan fingerprint density at radius 3 is 2.62 bits per heavy atom. The molecule has 1 amide bonds. The van der Waals surface area contributed by atoms with Crippen LogP contribution in [0, 0.1) is 5.92 Å². The average molecular weight is 419 g/mol. The molecule has 0 radical (unpaired) electrons. The number of piperidine rings is 1. The van der Waals surface area contributed by atoms with Crippen molar-refractivity contribution >= 4 is 27.6 Å². The molecule has 29 heavy (non-hydrogen) atoms. The van der Waals surface area contributed by atoms with E-state index in [-0.39, 0.29) is 19.0 Å². The molecule has 1 spiro atoms. The van der Waals surface area contributed by atoms with E-state index in [4.69, 9.17) is 4.99 Å². The lowest BCUT2D eigenvalue weighted by molar-refractivity contribution is -0.125. The maximum atomic E-state index is 12.8. The molecule has 1 aliphatic carbocycles. The summed E-state index contributed by atoms with van der Waals surface area (Å²) in [7, 11) is -3.66. The van der Waals surface area contributed by atoms with Crippen LogP contribution in [0.25, 0.3) is 0 Å². The molecule has 1 saturated carbocycles. The van der Waals surface area contributed by atoms with Crippen molar-refractivity contribution < 1.29 is 13.2 Å². The predicted octanol–water partition coefficient (Wildman–Crippen LogP) is 2.85. The summed E-state index contributed by atoms with van der Waals surface area (Å²) < 4.78 is 29.8. The van der Waals surface area contributed by atoms with Crippen molar-refractivity contribution in [1.82, 2.24) is 9.62 Å². The Hall–Kier alpha value is -1.93. The zero-order valence-corrected chi connectivity index (χ0v) is 17.8. The molecule has 2 aliphatic heterocycles. The molecule has 1 saturated heterocycles. The van der Waals surface area contributed by atoms with Gasteiger partial charge in [-0.25, -0.2) is 0 Å². The highest BCUT2D eigenvalue weighted by Crippen LogP contribution is 2.34. The standard InChI is InChI=1S/C21H30N4O3S/c1-2-16-7-6-10-18(15-16)24-29(27,28)25-13-11-21(12-14-25)20(26)22-19(23-21)17-8-4-3-5-9-17/h6-7,10,15,17,24H,2-5,8-9,11-14H2,1H3,(H,22,23,26). The Balaban J connectivity index is 1.43. The SMILES string of the molecule is CCc1cccc(NS(=O)(=O)N2CCC3(CC2)N=C(C2CCCCC2)NC3=O)c1. The van der Waals surface area contributed by atoms with Crippen molar-refractivity contribution in [1.29, 1.82) is 0 Å². The van der Waals surface area contributed by atoms with Gasteiger partial charge in [0.2, 0.25) is 0 Å². The van der Waals surface area contributed by atoms with E-state index in [1.807, 2.05) is 25.1 Å². The Labute approximate surface area is 173 Å². The monoisotopic (exact) mass is 418 g/mol. The molecule has 0 bridgehead atoms. The third kappa shape index (κ3) is 4.19. The number of carbonyl (C=O) groups is 1. The van der Waals surface area contributed by atoms with Crippen molar-refractivity contribution in [2.45, 2.75) is 63.8 Å². The first kappa shape index (κ1) is 20.3. The Morgan fingerprint density at radius 2 is 1.93 bits per heavy atom. The predicted molar refractivity (Wildman–Crippen MR) is 114 cm³/mol. The lowest BCUT2D eigenvalue weighted by Crippen LogP contribution is -2.51. The number of nitrogens with one attached hydrogen (secondary N) is 2. The van der Waals surface area contributed by atoms with E-state index in [9.17, 15) is 13.2 Å². The smallest absolute Gasteiger partial charge is 0.301 e. The fraction of sp³-hybridized carbons (Fsp3) is 0.619. The number of rotatable bonds is 5. The Bertz CT molecular complexity index is 898. The molecule has 0 aromatic heterocycles. The Kier molecular flexibility index (Phi) is 5.66. The molecular weight excluding hydrogens is 388 g/mol. The Morgan fingerprint density at radius 1 is 1.21 bits per heavy atom. The van der Waals surface area contributed by atoms with Gasteiger partial charge < -0.3 is 5.32 Å². The number of hydrogen-bond donors (Lipinski definition) is 2. The van der Waals surface area contributed by atoms with E-state index < -0.39 is 15.7 Å². The number of aryl methyl sites for hydroxylation is 1.